The predicted octanol–water partition coefficient (Wildman–Crippen LogP) is 3.40. The molecule has 0 unspecified atom stereocenters. The van der Waals surface area contributed by atoms with Gasteiger partial charge in [0.05, 0.1) is 16.8 Å². The largest absolute Gasteiger partial charge is 0.337 e. The van der Waals surface area contributed by atoms with Crippen LogP contribution in [0.2, 0.25) is 10.0 Å². The van der Waals surface area contributed by atoms with Gasteiger partial charge in [-0.05, 0) is 31.0 Å². The van der Waals surface area contributed by atoms with Crippen LogP contribution in [0.3, 0.4) is 0 Å². The van der Waals surface area contributed by atoms with Gasteiger partial charge in [0.15, 0.2) is 5.82 Å². The van der Waals surface area contributed by atoms with Crippen molar-refractivity contribution >= 4 is 40.9 Å². The van der Waals surface area contributed by atoms with E-state index in [1.165, 1.54) is 4.68 Å². The Morgan fingerprint density at radius 3 is 2.74 bits per heavy atom. The Labute approximate surface area is 171 Å². The van der Waals surface area contributed by atoms with E-state index in [-0.39, 0.29) is 11.7 Å². The quantitative estimate of drug-likeness (QED) is 0.561. The summed E-state index contributed by atoms with van der Waals surface area (Å²) in [5.74, 6) is 6.30. The number of carbonyl (C=O) groups excluding carboxylic acids is 1. The number of halogens is 2. The number of rotatable bonds is 5. The van der Waals surface area contributed by atoms with Crippen LogP contribution in [0, 0.1) is 11.3 Å². The van der Waals surface area contributed by atoms with Crippen molar-refractivity contribution in [1.82, 2.24) is 20.2 Å². The average Bonchev–Trinajstić information content (AvgIpc) is 3.01. The zero-order valence-electron chi connectivity index (χ0n) is 14.4. The number of nitrogens with one attached hydrogen (secondary N) is 1. The van der Waals surface area contributed by atoms with Crippen molar-refractivity contribution in [1.29, 1.82) is 5.26 Å². The van der Waals surface area contributed by atoms with E-state index in [1.807, 2.05) is 0 Å². The summed E-state index contributed by atoms with van der Waals surface area (Å²) in [5, 5.41) is 21.7. The van der Waals surface area contributed by atoms with E-state index in [1.54, 1.807) is 18.2 Å². The van der Waals surface area contributed by atoms with Crippen LogP contribution in [-0.2, 0) is 4.79 Å². The molecule has 1 aromatic carbocycles. The molecule has 0 bridgehead atoms. The Bertz CT molecular complexity index is 888. The molecule has 3 N–H and O–H groups in total. The van der Waals surface area contributed by atoms with Crippen LogP contribution in [0.15, 0.2) is 23.4 Å². The smallest absolute Gasteiger partial charge is 0.231 e. The van der Waals surface area contributed by atoms with Crippen LogP contribution < -0.4 is 11.2 Å². The van der Waals surface area contributed by atoms with Gasteiger partial charge in [-0.15, -0.1) is 10.2 Å². The summed E-state index contributed by atoms with van der Waals surface area (Å²) >= 11 is 13.2. The number of nitriles is 1. The molecule has 142 valence electrons. The summed E-state index contributed by atoms with van der Waals surface area (Å²) in [6, 6.07) is 7.26. The third-order valence-corrected chi connectivity index (χ3v) is 5.96. The molecule has 3 rings (SSSR count). The van der Waals surface area contributed by atoms with Crippen molar-refractivity contribution in [2.45, 2.75) is 42.8 Å². The first-order valence-electron chi connectivity index (χ1n) is 8.45. The Balaban J connectivity index is 1.66. The highest BCUT2D eigenvalue weighted by atomic mass is 35.5. The molecule has 7 nitrogen and oxygen atoms in total. The number of thioether (sulfide) groups is 1. The van der Waals surface area contributed by atoms with Gasteiger partial charge in [-0.25, -0.2) is 4.68 Å². The third-order valence-electron chi connectivity index (χ3n) is 4.47. The molecule has 1 aliphatic carbocycles. The molecule has 1 fully saturated rings. The van der Waals surface area contributed by atoms with E-state index in [0.29, 0.717) is 39.4 Å². The first-order valence-corrected chi connectivity index (χ1v) is 10.2. The van der Waals surface area contributed by atoms with Gasteiger partial charge < -0.3 is 11.2 Å². The maximum Gasteiger partial charge on any atom is 0.231 e. The molecule has 0 saturated heterocycles. The Morgan fingerprint density at radius 2 is 2.07 bits per heavy atom. The molecular formula is C17H18Cl2N6OS. The highest BCUT2D eigenvalue weighted by molar-refractivity contribution is 7.99. The summed E-state index contributed by atoms with van der Waals surface area (Å²) in [6.45, 7) is 0. The van der Waals surface area contributed by atoms with Crippen molar-refractivity contribution in [2.75, 3.05) is 11.6 Å². The zero-order chi connectivity index (χ0) is 19.4. The van der Waals surface area contributed by atoms with Gasteiger partial charge in [0.2, 0.25) is 11.1 Å². The van der Waals surface area contributed by atoms with E-state index in [2.05, 4.69) is 21.6 Å². The Hall–Kier alpha value is -1.95. The summed E-state index contributed by atoms with van der Waals surface area (Å²) in [6.07, 6.45) is 4.37. The van der Waals surface area contributed by atoms with Gasteiger partial charge >= 0.3 is 0 Å². The molecule has 10 heteroatoms. The van der Waals surface area contributed by atoms with Gasteiger partial charge in [0.25, 0.3) is 0 Å². The molecule has 1 aromatic heterocycles. The highest BCUT2D eigenvalue weighted by Crippen LogP contribution is 2.31. The number of nitrogens with two attached hydrogens (primary N) is 1. The Morgan fingerprint density at radius 1 is 1.33 bits per heavy atom. The molecule has 0 spiro atoms. The normalized spacial score (nSPS) is 15.9. The molecular weight excluding hydrogens is 407 g/mol. The fourth-order valence-electron chi connectivity index (χ4n) is 3.08. The molecule has 1 saturated carbocycles. The minimum absolute atomic E-state index is 0.0904. The second kappa shape index (κ2) is 8.38. The second-order valence-corrected chi connectivity index (χ2v) is 8.18. The van der Waals surface area contributed by atoms with Gasteiger partial charge in [0, 0.05) is 10.6 Å². The number of nitrogen functional groups attached to an aromatic ring is 1. The first kappa shape index (κ1) is 19.8. The maximum atomic E-state index is 12.3. The summed E-state index contributed by atoms with van der Waals surface area (Å²) in [4.78, 5) is 12.3. The minimum atomic E-state index is -0.756. The lowest BCUT2D eigenvalue weighted by molar-refractivity contribution is -0.120. The average molecular weight is 425 g/mol. The van der Waals surface area contributed by atoms with Crippen molar-refractivity contribution in [3.05, 3.63) is 28.2 Å². The van der Waals surface area contributed by atoms with E-state index in [0.717, 1.165) is 31.0 Å². The van der Waals surface area contributed by atoms with Crippen LogP contribution >= 0.6 is 35.0 Å². The Kier molecular flexibility index (Phi) is 6.15. The fourth-order valence-corrected chi connectivity index (χ4v) is 4.23. The minimum Gasteiger partial charge on any atom is -0.337 e. The number of aromatic nitrogens is 3. The van der Waals surface area contributed by atoms with Crippen LogP contribution in [0.1, 0.15) is 32.1 Å². The number of hydrogen-bond donors (Lipinski definition) is 2. The first-order chi connectivity index (χ1) is 12.9. The predicted molar refractivity (Wildman–Crippen MR) is 106 cm³/mol. The molecule has 0 radical (unpaired) electrons. The second-order valence-electron chi connectivity index (χ2n) is 6.39. The van der Waals surface area contributed by atoms with Crippen LogP contribution in [-0.4, -0.2) is 32.1 Å². The molecule has 1 heterocycles. The topological polar surface area (TPSA) is 110 Å². The summed E-state index contributed by atoms with van der Waals surface area (Å²) in [5.41, 5.74) is -0.160. The van der Waals surface area contributed by atoms with Crippen molar-refractivity contribution in [3.63, 3.8) is 0 Å². The molecule has 27 heavy (non-hydrogen) atoms. The van der Waals surface area contributed by atoms with E-state index in [9.17, 15) is 10.1 Å². The van der Waals surface area contributed by atoms with Crippen LogP contribution in [0.4, 0.5) is 0 Å². The molecule has 0 atom stereocenters. The van der Waals surface area contributed by atoms with E-state index < -0.39 is 5.54 Å². The molecule has 0 aliphatic heterocycles. The van der Waals surface area contributed by atoms with Gasteiger partial charge in [-0.1, -0.05) is 54.2 Å². The van der Waals surface area contributed by atoms with Crippen molar-refractivity contribution in [2.24, 2.45) is 0 Å². The van der Waals surface area contributed by atoms with E-state index in [4.69, 9.17) is 29.0 Å². The van der Waals surface area contributed by atoms with Gasteiger partial charge in [0.1, 0.15) is 5.54 Å². The fraction of sp³-hybridized carbons (Fsp3) is 0.412. The summed E-state index contributed by atoms with van der Waals surface area (Å²) in [7, 11) is 0. The lowest BCUT2D eigenvalue weighted by atomic mass is 9.83. The highest BCUT2D eigenvalue weighted by Gasteiger charge is 2.33. The number of hydrogen-bond acceptors (Lipinski definition) is 6. The van der Waals surface area contributed by atoms with Gasteiger partial charge in [-0.2, -0.15) is 5.26 Å². The molecule has 1 amide bonds. The van der Waals surface area contributed by atoms with E-state index >= 15 is 0 Å². The van der Waals surface area contributed by atoms with Crippen LogP contribution in [0.5, 0.6) is 0 Å². The monoisotopic (exact) mass is 424 g/mol. The number of carbonyl (C=O) groups is 1. The van der Waals surface area contributed by atoms with Crippen LogP contribution in [0.25, 0.3) is 11.4 Å². The third kappa shape index (κ3) is 4.49. The molecule has 2 aromatic rings. The summed E-state index contributed by atoms with van der Waals surface area (Å²) < 4.78 is 1.29. The SMILES string of the molecule is N#CC1(NC(=O)CSc2nnc(-c3ccc(Cl)cc3Cl)n2N)CCCCC1. The maximum absolute atomic E-state index is 12.3. The lowest BCUT2D eigenvalue weighted by Gasteiger charge is -2.31. The van der Waals surface area contributed by atoms with Crippen molar-refractivity contribution < 1.29 is 4.79 Å². The standard InChI is InChI=1S/C17H18Cl2N6OS/c18-11-4-5-12(13(19)8-11)15-23-24-16(25(15)21)27-9-14(26)22-17(10-20)6-2-1-3-7-17/h4-5,8H,1-3,6-7,9,21H2,(H,22,26). The number of nitrogens with zero attached hydrogens (tertiary/aromatic N) is 4. The van der Waals surface area contributed by atoms with Crippen molar-refractivity contribution in [3.8, 4) is 17.5 Å². The van der Waals surface area contributed by atoms with Gasteiger partial charge in [-0.3, -0.25) is 4.79 Å². The molecule has 1 aliphatic rings. The number of amides is 1. The lowest BCUT2D eigenvalue weighted by Crippen LogP contribution is -2.49. The zero-order valence-corrected chi connectivity index (χ0v) is 16.7. The number of benzene rings is 1.